The van der Waals surface area contributed by atoms with Crippen LogP contribution in [0.1, 0.15) is 361 Å². The molecule has 0 aromatic carbocycles. The number of phosphoric acid groups is 1. The first-order valence-corrected chi connectivity index (χ1v) is 40.4. The van der Waals surface area contributed by atoms with Crippen molar-refractivity contribution < 1.29 is 42.1 Å². The van der Waals surface area contributed by atoms with Crippen molar-refractivity contribution >= 4 is 19.8 Å². The van der Waals surface area contributed by atoms with Gasteiger partial charge in [0.05, 0.1) is 27.7 Å². The number of rotatable bonds is 72. The summed E-state index contributed by atoms with van der Waals surface area (Å²) in [5.41, 5.74) is 0. The molecule has 0 rings (SSSR count). The molecule has 0 saturated heterocycles. The zero-order chi connectivity index (χ0) is 66.9. The van der Waals surface area contributed by atoms with Crippen LogP contribution in [0.3, 0.4) is 0 Å². The number of esters is 2. The Morgan fingerprint density at radius 1 is 0.337 bits per heavy atom. The van der Waals surface area contributed by atoms with E-state index in [1.807, 2.05) is 21.1 Å². The number of carbonyl (C=O) groups is 2. The van der Waals surface area contributed by atoms with Gasteiger partial charge in [0.15, 0.2) is 6.10 Å². The average Bonchev–Trinajstić information content (AvgIpc) is 2.34. The van der Waals surface area contributed by atoms with Crippen LogP contribution in [-0.2, 0) is 32.7 Å². The molecule has 2 unspecified atom stereocenters. The standard InChI is InChI=1S/C82H148NO8P/c1-6-8-10-12-14-16-18-20-22-24-26-28-30-32-34-36-38-39-40-41-42-43-45-47-49-51-53-55-57-59-61-63-65-67-69-71-73-75-82(85)91-80(79-90-92(86,87)89-77-76-83(3,4)5)78-88-81(84)74-72-70-68-66-64-62-60-58-56-54-52-50-48-46-44-37-35-33-31-29-27-25-23-21-19-17-15-13-11-9-7-2/h8-11,14-17,20-23,26-29,80H,6-7,12-13,18-19,24-25,30-79H2,1-5H3/b10-8-,11-9-,16-14-,17-15-,22-20-,23-21-,28-26-,29-27-. The van der Waals surface area contributed by atoms with Crippen molar-refractivity contribution in [3.63, 3.8) is 0 Å². The summed E-state index contributed by atoms with van der Waals surface area (Å²) >= 11 is 0. The fourth-order valence-corrected chi connectivity index (χ4v) is 12.0. The quantitative estimate of drug-likeness (QED) is 0.0195. The Morgan fingerprint density at radius 2 is 0.587 bits per heavy atom. The van der Waals surface area contributed by atoms with E-state index in [1.54, 1.807) is 0 Å². The molecule has 0 spiro atoms. The molecule has 0 aliphatic carbocycles. The zero-order valence-electron chi connectivity index (χ0n) is 61.0. The third kappa shape index (κ3) is 76.0. The van der Waals surface area contributed by atoms with Crippen molar-refractivity contribution in [2.75, 3.05) is 47.5 Å². The van der Waals surface area contributed by atoms with Crippen molar-refractivity contribution in [3.8, 4) is 0 Å². The van der Waals surface area contributed by atoms with Gasteiger partial charge in [-0.15, -0.1) is 0 Å². The molecule has 0 bridgehead atoms. The predicted molar refractivity (Wildman–Crippen MR) is 397 cm³/mol. The molecule has 0 heterocycles. The van der Waals surface area contributed by atoms with Gasteiger partial charge >= 0.3 is 11.9 Å². The largest absolute Gasteiger partial charge is 0.756 e. The Hall–Kier alpha value is -3.07. The lowest BCUT2D eigenvalue weighted by Crippen LogP contribution is -2.37. The lowest BCUT2D eigenvalue weighted by Gasteiger charge is -2.28. The van der Waals surface area contributed by atoms with Gasteiger partial charge < -0.3 is 27.9 Å². The highest BCUT2D eigenvalue weighted by Gasteiger charge is 2.22. The molecule has 92 heavy (non-hydrogen) atoms. The minimum absolute atomic E-state index is 0.0305. The number of quaternary nitrogens is 1. The number of hydrogen-bond acceptors (Lipinski definition) is 8. The van der Waals surface area contributed by atoms with Crippen LogP contribution in [-0.4, -0.2) is 70.0 Å². The number of unbranched alkanes of at least 4 members (excludes halogenated alkanes) is 42. The topological polar surface area (TPSA) is 111 Å². The molecule has 0 fully saturated rings. The first-order chi connectivity index (χ1) is 45.0. The van der Waals surface area contributed by atoms with E-state index in [2.05, 4.69) is 111 Å². The lowest BCUT2D eigenvalue weighted by molar-refractivity contribution is -0.870. The van der Waals surface area contributed by atoms with Gasteiger partial charge in [0, 0.05) is 12.8 Å². The van der Waals surface area contributed by atoms with Gasteiger partial charge in [-0.1, -0.05) is 355 Å². The number of carbonyl (C=O) groups excluding carboxylic acids is 2. The average molecular weight is 1310 g/mol. The molecule has 534 valence electrons. The lowest BCUT2D eigenvalue weighted by atomic mass is 10.0. The fourth-order valence-electron chi connectivity index (χ4n) is 11.2. The van der Waals surface area contributed by atoms with Gasteiger partial charge in [0.1, 0.15) is 19.8 Å². The van der Waals surface area contributed by atoms with Crippen molar-refractivity contribution in [1.82, 2.24) is 0 Å². The van der Waals surface area contributed by atoms with E-state index in [1.165, 1.54) is 244 Å². The Morgan fingerprint density at radius 3 is 0.870 bits per heavy atom. The second-order valence-corrected chi connectivity index (χ2v) is 28.7. The van der Waals surface area contributed by atoms with Crippen molar-refractivity contribution in [2.24, 2.45) is 0 Å². The van der Waals surface area contributed by atoms with E-state index < -0.39 is 26.5 Å². The van der Waals surface area contributed by atoms with Crippen LogP contribution in [0.2, 0.25) is 0 Å². The maximum atomic E-state index is 12.9. The molecular weight excluding hydrogens is 1160 g/mol. The highest BCUT2D eigenvalue weighted by Crippen LogP contribution is 2.38. The van der Waals surface area contributed by atoms with Crippen LogP contribution in [0.5, 0.6) is 0 Å². The summed E-state index contributed by atoms with van der Waals surface area (Å²) in [7, 11) is 1.18. The van der Waals surface area contributed by atoms with Gasteiger partial charge in [0.2, 0.25) is 0 Å². The first-order valence-electron chi connectivity index (χ1n) is 38.9. The van der Waals surface area contributed by atoms with E-state index in [0.29, 0.717) is 17.4 Å². The summed E-state index contributed by atoms with van der Waals surface area (Å²) in [6.07, 6.45) is 101. The normalized spacial score (nSPS) is 13.6. The molecule has 0 aliphatic heterocycles. The Bertz CT molecular complexity index is 1880. The number of nitrogens with zero attached hydrogens (tertiary/aromatic N) is 1. The third-order valence-electron chi connectivity index (χ3n) is 17.1. The summed E-state index contributed by atoms with van der Waals surface area (Å²) in [5.74, 6) is -0.816. The van der Waals surface area contributed by atoms with Gasteiger partial charge in [0.25, 0.3) is 7.82 Å². The molecular formula is C82H148NO8P. The second-order valence-electron chi connectivity index (χ2n) is 27.3. The highest BCUT2D eigenvalue weighted by atomic mass is 31.2. The van der Waals surface area contributed by atoms with Crippen molar-refractivity contribution in [2.45, 2.75) is 367 Å². The highest BCUT2D eigenvalue weighted by molar-refractivity contribution is 7.45. The molecule has 0 aliphatic rings. The Labute approximate surface area is 570 Å². The predicted octanol–water partition coefficient (Wildman–Crippen LogP) is 25.2. The SMILES string of the molecule is CC/C=C\C/C=C\C/C=C\C/C=C\CCCCCCCCCCCCCCCCCCCCCCCCCCC(=O)OC(COC(=O)CCCCCCCCCCCCCCCCCCCC/C=C\C/C=C\C/C=C\C/C=C\CC)COP(=O)([O-])OCC[N+](C)(C)C. The minimum atomic E-state index is -4.65. The van der Waals surface area contributed by atoms with Crippen LogP contribution in [0, 0.1) is 0 Å². The third-order valence-corrected chi connectivity index (χ3v) is 18.1. The number of ether oxygens (including phenoxy) is 2. The molecule has 0 aromatic rings. The minimum Gasteiger partial charge on any atom is -0.756 e. The number of allylic oxidation sites excluding steroid dienone is 16. The van der Waals surface area contributed by atoms with Gasteiger partial charge in [-0.25, -0.2) is 0 Å². The molecule has 0 amide bonds. The van der Waals surface area contributed by atoms with Crippen LogP contribution < -0.4 is 4.89 Å². The molecule has 0 aromatic heterocycles. The van der Waals surface area contributed by atoms with E-state index in [0.717, 1.165) is 83.5 Å². The molecule has 0 N–H and O–H groups in total. The van der Waals surface area contributed by atoms with E-state index in [-0.39, 0.29) is 32.0 Å². The summed E-state index contributed by atoms with van der Waals surface area (Å²) in [6, 6.07) is 0. The maximum Gasteiger partial charge on any atom is 0.306 e. The van der Waals surface area contributed by atoms with Crippen molar-refractivity contribution in [1.29, 1.82) is 0 Å². The zero-order valence-corrected chi connectivity index (χ0v) is 61.9. The fraction of sp³-hybridized carbons (Fsp3) is 0.780. The summed E-state index contributed by atoms with van der Waals surface area (Å²) < 4.78 is 34.4. The van der Waals surface area contributed by atoms with E-state index in [4.69, 9.17) is 18.5 Å². The monoisotopic (exact) mass is 1310 g/mol. The maximum absolute atomic E-state index is 12.9. The van der Waals surface area contributed by atoms with Crippen molar-refractivity contribution in [3.05, 3.63) is 97.2 Å². The molecule has 0 radical (unpaired) electrons. The Balaban J connectivity index is 3.93. The molecule has 2 atom stereocenters. The number of phosphoric ester groups is 1. The smallest absolute Gasteiger partial charge is 0.306 e. The van der Waals surface area contributed by atoms with Gasteiger partial charge in [-0.05, 0) is 89.9 Å². The van der Waals surface area contributed by atoms with Crippen LogP contribution in [0.15, 0.2) is 97.2 Å². The number of hydrogen-bond donors (Lipinski definition) is 0. The van der Waals surface area contributed by atoms with E-state index >= 15 is 0 Å². The summed E-state index contributed by atoms with van der Waals surface area (Å²) in [6.45, 7) is 4.07. The van der Waals surface area contributed by atoms with E-state index in [9.17, 15) is 19.0 Å². The molecule has 9 nitrogen and oxygen atoms in total. The second kappa shape index (κ2) is 72.2. The van der Waals surface area contributed by atoms with Gasteiger partial charge in [-0.3, -0.25) is 14.2 Å². The van der Waals surface area contributed by atoms with Crippen LogP contribution in [0.25, 0.3) is 0 Å². The van der Waals surface area contributed by atoms with Crippen LogP contribution >= 0.6 is 7.82 Å². The Kier molecular flexibility index (Phi) is 69.8. The molecule has 0 saturated carbocycles. The summed E-state index contributed by atoms with van der Waals surface area (Å²) in [5, 5.41) is 0. The first kappa shape index (κ1) is 88.9. The number of likely N-dealkylation sites (N-methyl/N-ethyl adjacent to an activating group) is 1. The summed E-state index contributed by atoms with van der Waals surface area (Å²) in [4.78, 5) is 38.2. The van der Waals surface area contributed by atoms with Crippen LogP contribution in [0.4, 0.5) is 0 Å². The van der Waals surface area contributed by atoms with Gasteiger partial charge in [-0.2, -0.15) is 0 Å². The molecule has 10 heteroatoms.